The van der Waals surface area contributed by atoms with Crippen LogP contribution in [0.2, 0.25) is 0 Å². The number of fused-ring (bicyclic) bond motifs is 1. The number of para-hydroxylation sites is 1. The molecule has 174 valence electrons. The van der Waals surface area contributed by atoms with E-state index in [4.69, 9.17) is 9.47 Å². The predicted molar refractivity (Wildman–Crippen MR) is 123 cm³/mol. The lowest BCUT2D eigenvalue weighted by Gasteiger charge is -2.33. The number of H-pyrrole nitrogens is 1. The fourth-order valence-electron chi connectivity index (χ4n) is 4.27. The van der Waals surface area contributed by atoms with E-state index in [1.165, 1.54) is 19.2 Å². The quantitative estimate of drug-likeness (QED) is 0.548. The molecule has 2 amide bonds. The number of esters is 1. The van der Waals surface area contributed by atoms with Crippen molar-refractivity contribution < 1.29 is 23.5 Å². The number of ether oxygens (including phenoxy) is 2. The Balaban J connectivity index is 1.38. The topological polar surface area (TPSA) is 83.7 Å². The Hall–Kier alpha value is -3.55. The minimum absolute atomic E-state index is 0.0546. The summed E-state index contributed by atoms with van der Waals surface area (Å²) >= 11 is 0. The van der Waals surface area contributed by atoms with Crippen LogP contribution in [0.3, 0.4) is 0 Å². The van der Waals surface area contributed by atoms with Crippen LogP contribution >= 0.6 is 0 Å². The SMILES string of the molecule is COC(=O)[C@H](NC(=O)N1CCC(Oc2ccc(F)cc2)CC1)[C@@H](C)c1c[nH]c2ccccc12. The minimum atomic E-state index is -0.824. The molecular weight excluding hydrogens is 425 g/mol. The van der Waals surface area contributed by atoms with Crippen molar-refractivity contribution in [3.63, 3.8) is 0 Å². The van der Waals surface area contributed by atoms with E-state index in [9.17, 15) is 14.0 Å². The molecule has 2 heterocycles. The summed E-state index contributed by atoms with van der Waals surface area (Å²) in [5.41, 5.74) is 1.91. The number of methoxy groups -OCH3 is 1. The molecule has 0 saturated carbocycles. The largest absolute Gasteiger partial charge is 0.490 e. The van der Waals surface area contributed by atoms with Gasteiger partial charge in [0.1, 0.15) is 23.7 Å². The predicted octanol–water partition coefficient (Wildman–Crippen LogP) is 4.21. The first kappa shape index (κ1) is 22.6. The maximum Gasteiger partial charge on any atom is 0.329 e. The lowest BCUT2D eigenvalue weighted by molar-refractivity contribution is -0.143. The Morgan fingerprint density at radius 3 is 2.52 bits per heavy atom. The Kier molecular flexibility index (Phi) is 6.82. The third-order valence-corrected chi connectivity index (χ3v) is 6.19. The van der Waals surface area contributed by atoms with E-state index in [0.717, 1.165) is 16.5 Å². The molecule has 0 spiro atoms. The Morgan fingerprint density at radius 1 is 1.12 bits per heavy atom. The highest BCUT2D eigenvalue weighted by Gasteiger charge is 2.33. The van der Waals surface area contributed by atoms with E-state index in [2.05, 4.69) is 10.3 Å². The van der Waals surface area contributed by atoms with Gasteiger partial charge in [-0.05, 0) is 35.9 Å². The average Bonchev–Trinajstić information content (AvgIpc) is 3.27. The number of piperidine rings is 1. The molecule has 33 heavy (non-hydrogen) atoms. The third kappa shape index (κ3) is 5.10. The number of carbonyl (C=O) groups is 2. The summed E-state index contributed by atoms with van der Waals surface area (Å²) in [6.45, 7) is 2.89. The van der Waals surface area contributed by atoms with Crippen molar-refractivity contribution in [1.82, 2.24) is 15.2 Å². The number of nitrogens with zero attached hydrogens (tertiary/aromatic N) is 1. The first-order chi connectivity index (χ1) is 16.0. The number of halogens is 1. The minimum Gasteiger partial charge on any atom is -0.490 e. The molecule has 1 aromatic heterocycles. The summed E-state index contributed by atoms with van der Waals surface area (Å²) in [7, 11) is 1.32. The molecule has 1 aliphatic rings. The fourth-order valence-corrected chi connectivity index (χ4v) is 4.27. The maximum atomic E-state index is 13.1. The normalized spacial score (nSPS) is 16.3. The van der Waals surface area contributed by atoms with Gasteiger partial charge in [0, 0.05) is 48.9 Å². The Labute approximate surface area is 191 Å². The van der Waals surface area contributed by atoms with Gasteiger partial charge in [-0.25, -0.2) is 14.0 Å². The van der Waals surface area contributed by atoms with E-state index in [1.807, 2.05) is 37.4 Å². The Morgan fingerprint density at radius 2 is 1.82 bits per heavy atom. The molecule has 7 nitrogen and oxygen atoms in total. The zero-order valence-corrected chi connectivity index (χ0v) is 18.7. The van der Waals surface area contributed by atoms with E-state index < -0.39 is 12.0 Å². The van der Waals surface area contributed by atoms with Gasteiger partial charge in [-0.2, -0.15) is 0 Å². The number of urea groups is 1. The van der Waals surface area contributed by atoms with Crippen molar-refractivity contribution in [3.05, 3.63) is 66.1 Å². The van der Waals surface area contributed by atoms with Crippen molar-refractivity contribution in [2.45, 2.75) is 37.8 Å². The van der Waals surface area contributed by atoms with Crippen LogP contribution in [0.5, 0.6) is 5.75 Å². The number of amides is 2. The third-order valence-electron chi connectivity index (χ3n) is 6.19. The number of aromatic nitrogens is 1. The second kappa shape index (κ2) is 9.94. The number of rotatable bonds is 6. The number of likely N-dealkylation sites (tertiary alicyclic amines) is 1. The molecule has 2 atom stereocenters. The van der Waals surface area contributed by atoms with Gasteiger partial charge in [0.2, 0.25) is 0 Å². The van der Waals surface area contributed by atoms with Crippen LogP contribution < -0.4 is 10.1 Å². The number of hydrogen-bond acceptors (Lipinski definition) is 4. The molecule has 0 unspecified atom stereocenters. The lowest BCUT2D eigenvalue weighted by atomic mass is 9.93. The highest BCUT2D eigenvalue weighted by Crippen LogP contribution is 2.28. The second-order valence-corrected chi connectivity index (χ2v) is 8.29. The van der Waals surface area contributed by atoms with Crippen molar-refractivity contribution in [1.29, 1.82) is 0 Å². The summed E-state index contributed by atoms with van der Waals surface area (Å²) in [4.78, 5) is 30.5. The highest BCUT2D eigenvalue weighted by molar-refractivity contribution is 5.88. The Bertz CT molecular complexity index is 1110. The zero-order valence-electron chi connectivity index (χ0n) is 18.7. The second-order valence-electron chi connectivity index (χ2n) is 8.29. The van der Waals surface area contributed by atoms with Crippen LogP contribution in [0, 0.1) is 5.82 Å². The summed E-state index contributed by atoms with van der Waals surface area (Å²) in [5, 5.41) is 3.88. The molecular formula is C25H28FN3O4. The van der Waals surface area contributed by atoms with Gasteiger partial charge in [-0.3, -0.25) is 0 Å². The van der Waals surface area contributed by atoms with Crippen molar-refractivity contribution in [2.24, 2.45) is 0 Å². The van der Waals surface area contributed by atoms with Crippen molar-refractivity contribution in [3.8, 4) is 5.75 Å². The number of aromatic amines is 1. The van der Waals surface area contributed by atoms with Crippen LogP contribution in [0.1, 0.15) is 31.2 Å². The van der Waals surface area contributed by atoms with E-state index in [0.29, 0.717) is 31.7 Å². The van der Waals surface area contributed by atoms with Crippen LogP contribution in [-0.2, 0) is 9.53 Å². The standard InChI is InChI=1S/C25H28FN3O4/c1-16(21-15-27-22-6-4-3-5-20(21)22)23(24(30)32-2)28-25(31)29-13-11-19(12-14-29)33-18-9-7-17(26)8-10-18/h3-10,15-16,19,23,27H,11-14H2,1-2H3,(H,28,31)/t16-,23+/m0/s1. The average molecular weight is 454 g/mol. The molecule has 2 aromatic carbocycles. The van der Waals surface area contributed by atoms with E-state index in [-0.39, 0.29) is 23.9 Å². The zero-order chi connectivity index (χ0) is 23.4. The fraction of sp³-hybridized carbons (Fsp3) is 0.360. The number of hydrogen-bond donors (Lipinski definition) is 2. The van der Waals surface area contributed by atoms with Crippen LogP contribution in [0.15, 0.2) is 54.7 Å². The van der Waals surface area contributed by atoms with Crippen molar-refractivity contribution in [2.75, 3.05) is 20.2 Å². The number of carbonyl (C=O) groups excluding carboxylic acids is 2. The van der Waals surface area contributed by atoms with E-state index >= 15 is 0 Å². The van der Waals surface area contributed by atoms with E-state index in [1.54, 1.807) is 17.0 Å². The van der Waals surface area contributed by atoms with Gasteiger partial charge in [-0.1, -0.05) is 25.1 Å². The van der Waals surface area contributed by atoms with Crippen LogP contribution in [0.4, 0.5) is 9.18 Å². The first-order valence-corrected chi connectivity index (χ1v) is 11.1. The highest BCUT2D eigenvalue weighted by atomic mass is 19.1. The molecule has 0 bridgehead atoms. The molecule has 1 aliphatic heterocycles. The lowest BCUT2D eigenvalue weighted by Crippen LogP contribution is -2.52. The molecule has 3 aromatic rings. The van der Waals surface area contributed by atoms with Gasteiger partial charge >= 0.3 is 12.0 Å². The molecule has 0 radical (unpaired) electrons. The van der Waals surface area contributed by atoms with Crippen molar-refractivity contribution >= 4 is 22.9 Å². The first-order valence-electron chi connectivity index (χ1n) is 11.1. The monoisotopic (exact) mass is 453 g/mol. The van der Waals surface area contributed by atoms with Gasteiger partial charge in [0.15, 0.2) is 0 Å². The van der Waals surface area contributed by atoms with Gasteiger partial charge in [0.25, 0.3) is 0 Å². The molecule has 8 heteroatoms. The summed E-state index contributed by atoms with van der Waals surface area (Å²) < 4.78 is 24.0. The summed E-state index contributed by atoms with van der Waals surface area (Å²) in [6, 6.07) is 12.6. The maximum absolute atomic E-state index is 13.1. The summed E-state index contributed by atoms with van der Waals surface area (Å²) in [6.07, 6.45) is 3.11. The van der Waals surface area contributed by atoms with Gasteiger partial charge in [-0.15, -0.1) is 0 Å². The van der Waals surface area contributed by atoms with Crippen LogP contribution in [0.25, 0.3) is 10.9 Å². The van der Waals surface area contributed by atoms with Crippen LogP contribution in [-0.4, -0.2) is 54.2 Å². The molecule has 4 rings (SSSR count). The smallest absolute Gasteiger partial charge is 0.329 e. The number of benzene rings is 2. The number of nitrogens with one attached hydrogen (secondary N) is 2. The van der Waals surface area contributed by atoms with Gasteiger partial charge < -0.3 is 24.7 Å². The van der Waals surface area contributed by atoms with Gasteiger partial charge in [0.05, 0.1) is 7.11 Å². The summed E-state index contributed by atoms with van der Waals surface area (Å²) in [5.74, 6) is -0.485. The molecule has 1 fully saturated rings. The molecule has 0 aliphatic carbocycles. The molecule has 2 N–H and O–H groups in total. The molecule has 1 saturated heterocycles.